The minimum atomic E-state index is -0.159. The van der Waals surface area contributed by atoms with Gasteiger partial charge in [0.1, 0.15) is 5.82 Å². The number of rotatable bonds is 2. The molecule has 2 aromatic rings. The van der Waals surface area contributed by atoms with Crippen molar-refractivity contribution in [2.75, 3.05) is 0 Å². The SMILES string of the molecule is C#CCCc1nc2cc(Cl)ccc2c(=O)[nH]1. The predicted octanol–water partition coefficient (Wildman–Crippen LogP) is 2.14. The first kappa shape index (κ1) is 10.7. The van der Waals surface area contributed by atoms with E-state index < -0.39 is 0 Å². The van der Waals surface area contributed by atoms with Crippen LogP contribution in [0.15, 0.2) is 23.0 Å². The van der Waals surface area contributed by atoms with Crippen LogP contribution in [0.3, 0.4) is 0 Å². The largest absolute Gasteiger partial charge is 0.310 e. The average Bonchev–Trinajstić information content (AvgIpc) is 2.25. The third-order valence-corrected chi connectivity index (χ3v) is 2.46. The number of H-pyrrole nitrogens is 1. The number of aryl methyl sites for hydroxylation is 1. The molecule has 0 unspecified atom stereocenters. The van der Waals surface area contributed by atoms with Crippen LogP contribution < -0.4 is 5.56 Å². The summed E-state index contributed by atoms with van der Waals surface area (Å²) in [5, 5.41) is 1.10. The van der Waals surface area contributed by atoms with Gasteiger partial charge >= 0.3 is 0 Å². The van der Waals surface area contributed by atoms with E-state index in [4.69, 9.17) is 18.0 Å². The molecule has 0 bridgehead atoms. The Morgan fingerprint density at radius 3 is 3.06 bits per heavy atom. The van der Waals surface area contributed by atoms with E-state index in [0.29, 0.717) is 34.6 Å². The van der Waals surface area contributed by atoms with Gasteiger partial charge in [-0.05, 0) is 18.2 Å². The van der Waals surface area contributed by atoms with Crippen molar-refractivity contribution in [3.8, 4) is 12.3 Å². The molecule has 0 fully saturated rings. The Morgan fingerprint density at radius 2 is 2.31 bits per heavy atom. The molecule has 0 aliphatic rings. The quantitative estimate of drug-likeness (QED) is 0.807. The fourth-order valence-electron chi connectivity index (χ4n) is 1.47. The van der Waals surface area contributed by atoms with Gasteiger partial charge in [0.2, 0.25) is 0 Å². The van der Waals surface area contributed by atoms with E-state index in [2.05, 4.69) is 15.9 Å². The standard InChI is InChI=1S/C12H9ClN2O/c1-2-3-4-11-14-10-7-8(13)5-6-9(10)12(16)15-11/h1,5-7H,3-4H2,(H,14,15,16). The molecular weight excluding hydrogens is 224 g/mol. The summed E-state index contributed by atoms with van der Waals surface area (Å²) in [6.07, 6.45) is 6.27. The lowest BCUT2D eigenvalue weighted by molar-refractivity contribution is 0.895. The van der Waals surface area contributed by atoms with Crippen LogP contribution in [0.5, 0.6) is 0 Å². The number of aromatic nitrogens is 2. The van der Waals surface area contributed by atoms with E-state index in [1.807, 2.05) is 0 Å². The Balaban J connectivity index is 2.57. The lowest BCUT2D eigenvalue weighted by Crippen LogP contribution is -2.11. The van der Waals surface area contributed by atoms with Crippen molar-refractivity contribution >= 4 is 22.5 Å². The number of benzene rings is 1. The summed E-state index contributed by atoms with van der Waals surface area (Å²) >= 11 is 5.84. The smallest absolute Gasteiger partial charge is 0.258 e. The molecule has 0 saturated carbocycles. The number of hydrogen-bond donors (Lipinski definition) is 1. The molecule has 3 nitrogen and oxygen atoms in total. The maximum Gasteiger partial charge on any atom is 0.258 e. The second kappa shape index (κ2) is 4.38. The van der Waals surface area contributed by atoms with Crippen molar-refractivity contribution in [1.82, 2.24) is 9.97 Å². The number of nitrogens with one attached hydrogen (secondary N) is 1. The molecule has 1 heterocycles. The molecule has 80 valence electrons. The molecule has 0 saturated heterocycles. The van der Waals surface area contributed by atoms with E-state index in [0.717, 1.165) is 0 Å². The van der Waals surface area contributed by atoms with Crippen molar-refractivity contribution in [3.05, 3.63) is 39.4 Å². The Bertz CT molecular complexity index is 625. The zero-order chi connectivity index (χ0) is 11.5. The van der Waals surface area contributed by atoms with E-state index in [1.54, 1.807) is 18.2 Å². The molecular formula is C12H9ClN2O. The number of terminal acetylenes is 1. The van der Waals surface area contributed by atoms with Crippen molar-refractivity contribution in [3.63, 3.8) is 0 Å². The van der Waals surface area contributed by atoms with Gasteiger partial charge in [0, 0.05) is 17.9 Å². The zero-order valence-electron chi connectivity index (χ0n) is 8.46. The summed E-state index contributed by atoms with van der Waals surface area (Å²) in [4.78, 5) is 18.7. The predicted molar refractivity (Wildman–Crippen MR) is 64.5 cm³/mol. The van der Waals surface area contributed by atoms with E-state index in [1.165, 1.54) is 0 Å². The molecule has 4 heteroatoms. The lowest BCUT2D eigenvalue weighted by atomic mass is 10.2. The maximum atomic E-state index is 11.7. The Morgan fingerprint density at radius 1 is 1.50 bits per heavy atom. The molecule has 0 radical (unpaired) electrons. The molecule has 0 spiro atoms. The summed E-state index contributed by atoms with van der Waals surface area (Å²) in [5.74, 6) is 3.10. The third-order valence-electron chi connectivity index (χ3n) is 2.22. The van der Waals surface area contributed by atoms with Crippen LogP contribution in [0.1, 0.15) is 12.2 Å². The van der Waals surface area contributed by atoms with Crippen molar-refractivity contribution in [2.45, 2.75) is 12.8 Å². The molecule has 16 heavy (non-hydrogen) atoms. The average molecular weight is 233 g/mol. The first-order chi connectivity index (χ1) is 7.70. The highest BCUT2D eigenvalue weighted by atomic mass is 35.5. The Labute approximate surface area is 97.5 Å². The highest BCUT2D eigenvalue weighted by Crippen LogP contribution is 2.14. The summed E-state index contributed by atoms with van der Waals surface area (Å²) in [6, 6.07) is 5.00. The van der Waals surface area contributed by atoms with Gasteiger partial charge in [0.15, 0.2) is 0 Å². The fourth-order valence-corrected chi connectivity index (χ4v) is 1.64. The van der Waals surface area contributed by atoms with E-state index >= 15 is 0 Å². The molecule has 0 aliphatic carbocycles. The van der Waals surface area contributed by atoms with Gasteiger partial charge < -0.3 is 4.98 Å². The molecule has 1 N–H and O–H groups in total. The van der Waals surface area contributed by atoms with Gasteiger partial charge in [-0.3, -0.25) is 4.79 Å². The summed E-state index contributed by atoms with van der Waals surface area (Å²) in [6.45, 7) is 0. The second-order valence-electron chi connectivity index (χ2n) is 3.38. The van der Waals surface area contributed by atoms with E-state index in [9.17, 15) is 4.79 Å². The highest BCUT2D eigenvalue weighted by Gasteiger charge is 2.03. The molecule has 2 rings (SSSR count). The fraction of sp³-hybridized carbons (Fsp3) is 0.167. The minimum absolute atomic E-state index is 0.159. The van der Waals surface area contributed by atoms with Crippen LogP contribution >= 0.6 is 11.6 Å². The second-order valence-corrected chi connectivity index (χ2v) is 3.81. The number of nitrogens with zero attached hydrogens (tertiary/aromatic N) is 1. The molecule has 0 atom stereocenters. The summed E-state index contributed by atoms with van der Waals surface area (Å²) < 4.78 is 0. The molecule has 0 amide bonds. The number of halogens is 1. The number of fused-ring (bicyclic) bond motifs is 1. The van der Waals surface area contributed by atoms with E-state index in [-0.39, 0.29) is 5.56 Å². The van der Waals surface area contributed by atoms with Crippen LogP contribution in [-0.2, 0) is 6.42 Å². The maximum absolute atomic E-state index is 11.7. The van der Waals surface area contributed by atoms with Gasteiger partial charge in [-0.1, -0.05) is 11.6 Å². The Hall–Kier alpha value is -1.79. The van der Waals surface area contributed by atoms with Crippen LogP contribution in [-0.4, -0.2) is 9.97 Å². The first-order valence-corrected chi connectivity index (χ1v) is 5.20. The summed E-state index contributed by atoms with van der Waals surface area (Å²) in [5.41, 5.74) is 0.442. The monoisotopic (exact) mass is 232 g/mol. The molecule has 0 aliphatic heterocycles. The third kappa shape index (κ3) is 2.07. The van der Waals surface area contributed by atoms with Crippen molar-refractivity contribution < 1.29 is 0 Å². The first-order valence-electron chi connectivity index (χ1n) is 4.82. The Kier molecular flexibility index (Phi) is 2.93. The van der Waals surface area contributed by atoms with Crippen LogP contribution in [0.25, 0.3) is 10.9 Å². The van der Waals surface area contributed by atoms with Crippen molar-refractivity contribution in [2.24, 2.45) is 0 Å². The van der Waals surface area contributed by atoms with Gasteiger partial charge in [0.25, 0.3) is 5.56 Å². The normalized spacial score (nSPS) is 10.2. The van der Waals surface area contributed by atoms with Crippen LogP contribution in [0, 0.1) is 12.3 Å². The van der Waals surface area contributed by atoms with Crippen molar-refractivity contribution in [1.29, 1.82) is 0 Å². The van der Waals surface area contributed by atoms with Crippen LogP contribution in [0.2, 0.25) is 5.02 Å². The minimum Gasteiger partial charge on any atom is -0.310 e. The van der Waals surface area contributed by atoms with Gasteiger partial charge in [-0.25, -0.2) is 4.98 Å². The topological polar surface area (TPSA) is 45.8 Å². The molecule has 1 aromatic carbocycles. The highest BCUT2D eigenvalue weighted by molar-refractivity contribution is 6.31. The van der Waals surface area contributed by atoms with Gasteiger partial charge in [-0.2, -0.15) is 0 Å². The lowest BCUT2D eigenvalue weighted by Gasteiger charge is -2.01. The summed E-state index contributed by atoms with van der Waals surface area (Å²) in [7, 11) is 0. The van der Waals surface area contributed by atoms with Gasteiger partial charge in [0.05, 0.1) is 10.9 Å². The zero-order valence-corrected chi connectivity index (χ0v) is 9.21. The molecule has 1 aromatic heterocycles. The number of aromatic amines is 1. The number of hydrogen-bond acceptors (Lipinski definition) is 2. The van der Waals surface area contributed by atoms with Crippen LogP contribution in [0.4, 0.5) is 0 Å². The van der Waals surface area contributed by atoms with Gasteiger partial charge in [-0.15, -0.1) is 12.3 Å².